The van der Waals surface area contributed by atoms with Crippen LogP contribution in [-0.4, -0.2) is 114 Å². The molecule has 0 saturated carbocycles. The normalized spacial score (nSPS) is 13.4. The van der Waals surface area contributed by atoms with E-state index in [1.807, 2.05) is 72.8 Å². The quantitative estimate of drug-likeness (QED) is 0.0697. The Morgan fingerprint density at radius 3 is 1.62 bits per heavy atom. The Morgan fingerprint density at radius 1 is 0.588 bits per heavy atom. The molecule has 2 atom stereocenters. The van der Waals surface area contributed by atoms with Crippen LogP contribution >= 0.6 is 0 Å². The van der Waals surface area contributed by atoms with Crippen LogP contribution in [0.25, 0.3) is 16.9 Å². The van der Waals surface area contributed by atoms with Gasteiger partial charge in [-0.2, -0.15) is 9.59 Å². The van der Waals surface area contributed by atoms with Gasteiger partial charge >= 0.3 is 43.9 Å². The largest absolute Gasteiger partial charge is 2.00 e. The Kier molecular flexibility index (Phi) is 18.7. The van der Waals surface area contributed by atoms with Crippen molar-refractivity contribution in [3.05, 3.63) is 203 Å². The molecule has 0 bridgehead atoms. The van der Waals surface area contributed by atoms with Gasteiger partial charge in [-0.3, -0.25) is 19.2 Å². The molecule has 1 aliphatic rings. The van der Waals surface area contributed by atoms with Crippen molar-refractivity contribution < 1.29 is 39.9 Å². The SMILES string of the molecule is C.O=C(Cc1ccc(O)cc1)NC1N=CC(c2ccc(O)cc2)=NC1Cc1ccccc1.O=C=O.Oc1ccc(Cc2nc3c(Cc4ccccc4)nc(-c4ccc(O)cc4)cn3c2O)cc1.[Ca+2]. The number of hydrogen-bond donors (Lipinski definition) is 6. The van der Waals surface area contributed by atoms with Gasteiger partial charge < -0.3 is 30.8 Å². The van der Waals surface area contributed by atoms with E-state index in [0.29, 0.717) is 42.0 Å². The van der Waals surface area contributed by atoms with E-state index < -0.39 is 6.17 Å². The number of aliphatic imine (C=N–C) groups is 2. The van der Waals surface area contributed by atoms with Gasteiger partial charge in [-0.25, -0.2) is 9.97 Å². The number of phenolic OH excluding ortho intramolecular Hbond substituents is 4. The molecular weight excluding hydrogens is 889 g/mol. The number of rotatable bonds is 11. The minimum atomic E-state index is -0.481. The van der Waals surface area contributed by atoms with Crippen molar-refractivity contribution in [3.63, 3.8) is 0 Å². The molecule has 0 radical (unpaired) electrons. The van der Waals surface area contributed by atoms with Crippen molar-refractivity contribution in [2.75, 3.05) is 0 Å². The first-order chi connectivity index (χ1) is 32.0. The number of nitrogens with zero attached hydrogens (tertiary/aromatic N) is 5. The second-order valence-electron chi connectivity index (χ2n) is 15.2. The number of imidazole rings is 1. The van der Waals surface area contributed by atoms with Crippen molar-refractivity contribution in [2.24, 2.45) is 9.98 Å². The van der Waals surface area contributed by atoms with Crippen molar-refractivity contribution in [2.45, 2.75) is 45.3 Å². The molecule has 2 aromatic heterocycles. The summed E-state index contributed by atoms with van der Waals surface area (Å²) in [7, 11) is 0. The van der Waals surface area contributed by atoms with Crippen LogP contribution in [0.4, 0.5) is 0 Å². The molecule has 6 aromatic carbocycles. The Bertz CT molecular complexity index is 2980. The molecule has 6 N–H and O–H groups in total. The summed E-state index contributed by atoms with van der Waals surface area (Å²) in [5, 5.41) is 52.1. The van der Waals surface area contributed by atoms with Gasteiger partial charge in [0.2, 0.25) is 11.8 Å². The fourth-order valence-corrected chi connectivity index (χ4v) is 7.22. The minimum absolute atomic E-state index is 0. The molecule has 0 aliphatic carbocycles. The van der Waals surface area contributed by atoms with Gasteiger partial charge in [0.05, 0.1) is 29.6 Å². The van der Waals surface area contributed by atoms with E-state index in [1.54, 1.807) is 102 Å². The van der Waals surface area contributed by atoms with E-state index in [-0.39, 0.29) is 98.6 Å². The summed E-state index contributed by atoms with van der Waals surface area (Å²) in [5.41, 5.74) is 8.88. The first-order valence-corrected chi connectivity index (χ1v) is 20.8. The molecule has 9 rings (SSSR count). The third-order valence-corrected chi connectivity index (χ3v) is 10.5. The zero-order valence-corrected chi connectivity index (χ0v) is 38.3. The van der Waals surface area contributed by atoms with Crippen molar-refractivity contribution in [3.8, 4) is 40.1 Å². The predicted molar refractivity (Wildman–Crippen MR) is 260 cm³/mol. The van der Waals surface area contributed by atoms with E-state index >= 15 is 0 Å². The monoisotopic (exact) mass is 936 g/mol. The van der Waals surface area contributed by atoms with Crippen molar-refractivity contribution in [1.82, 2.24) is 19.7 Å². The van der Waals surface area contributed by atoms with Crippen LogP contribution in [0, 0.1) is 0 Å². The summed E-state index contributed by atoms with van der Waals surface area (Å²) >= 11 is 0. The standard InChI is InChI=1S/C26H21N3O3.C25H23N3O3.CO2.CH4.Ca/c30-20-10-6-18(7-11-20)15-23-26(32)29-16-24(19-8-12-21(31)13-9-19)27-22(25(29)28-23)14-17-4-2-1-3-5-17;29-20-10-6-18(7-11-20)15-24(31)28-25-22(14-17-4-2-1-3-5-17)27-23(16-26-25)19-8-12-21(30)13-9-19;2-1-3;;/h1-13,16,30-32H,14-15H2;1-13,16,22,25,29-30H,14-15H2,(H,28,31);;1H4;/q;;;;+2. The van der Waals surface area contributed by atoms with Crippen LogP contribution in [0.3, 0.4) is 0 Å². The Morgan fingerprint density at radius 2 is 1.06 bits per heavy atom. The molecule has 68 heavy (non-hydrogen) atoms. The summed E-state index contributed by atoms with van der Waals surface area (Å²) in [4.78, 5) is 47.9. The smallest absolute Gasteiger partial charge is 0.508 e. The maximum atomic E-state index is 12.6. The third kappa shape index (κ3) is 14.0. The minimum Gasteiger partial charge on any atom is -0.508 e. The number of carbonyl (C=O) groups is 1. The van der Waals surface area contributed by atoms with Gasteiger partial charge in [-0.1, -0.05) is 92.4 Å². The summed E-state index contributed by atoms with van der Waals surface area (Å²) < 4.78 is 1.67. The number of phenols is 4. The number of amides is 1. The van der Waals surface area contributed by atoms with Gasteiger partial charge in [0, 0.05) is 36.4 Å². The average Bonchev–Trinajstić information content (AvgIpc) is 3.64. The number of nitrogens with one attached hydrogen (secondary N) is 1. The fourth-order valence-electron chi connectivity index (χ4n) is 7.22. The number of fused-ring (bicyclic) bond motifs is 1. The number of aromatic nitrogens is 3. The van der Waals surface area contributed by atoms with Crippen LogP contribution in [0.5, 0.6) is 28.9 Å². The second kappa shape index (κ2) is 24.8. The van der Waals surface area contributed by atoms with E-state index in [1.165, 1.54) is 0 Å². The molecule has 8 aromatic rings. The second-order valence-corrected chi connectivity index (χ2v) is 15.2. The molecule has 14 nitrogen and oxygen atoms in total. The van der Waals surface area contributed by atoms with Crippen molar-refractivity contribution in [1.29, 1.82) is 0 Å². The molecule has 1 amide bonds. The Hall–Kier alpha value is -7.61. The molecule has 338 valence electrons. The molecular formula is C53H48CaN6O8+2. The molecule has 3 heterocycles. The first-order valence-electron chi connectivity index (χ1n) is 20.8. The average molecular weight is 937 g/mol. The van der Waals surface area contributed by atoms with Gasteiger partial charge in [0.1, 0.15) is 34.9 Å². The third-order valence-electron chi connectivity index (χ3n) is 10.5. The summed E-state index contributed by atoms with van der Waals surface area (Å²) in [6.07, 6.45) is 5.00. The Labute approximate surface area is 422 Å². The fraction of sp³-hybridized carbons (Fsp3) is 0.132. The van der Waals surface area contributed by atoms with Crippen LogP contribution in [0.15, 0.2) is 174 Å². The molecule has 0 saturated heterocycles. The first kappa shape index (κ1) is 51.4. The maximum absolute atomic E-state index is 12.6. The van der Waals surface area contributed by atoms with Crippen LogP contribution < -0.4 is 5.32 Å². The van der Waals surface area contributed by atoms with Gasteiger partial charge in [-0.15, -0.1) is 0 Å². The van der Waals surface area contributed by atoms with Gasteiger partial charge in [-0.05, 0) is 101 Å². The predicted octanol–water partition coefficient (Wildman–Crippen LogP) is 7.63. The molecule has 15 heteroatoms. The number of hydrogen-bond acceptors (Lipinski definition) is 12. The van der Waals surface area contributed by atoms with Crippen LogP contribution in [0.2, 0.25) is 0 Å². The topological polar surface area (TPSA) is 219 Å². The molecule has 0 fully saturated rings. The molecule has 2 unspecified atom stereocenters. The van der Waals surface area contributed by atoms with Gasteiger partial charge in [0.15, 0.2) is 5.65 Å². The van der Waals surface area contributed by atoms with E-state index in [0.717, 1.165) is 39.1 Å². The van der Waals surface area contributed by atoms with E-state index in [4.69, 9.17) is 24.5 Å². The number of aromatic hydroxyl groups is 5. The molecule has 0 spiro atoms. The van der Waals surface area contributed by atoms with Crippen LogP contribution in [-0.2, 0) is 40.1 Å². The summed E-state index contributed by atoms with van der Waals surface area (Å²) in [6, 6.07) is 46.8. The Balaban J connectivity index is 0.000000234. The maximum Gasteiger partial charge on any atom is 2.00 e. The zero-order valence-electron chi connectivity index (χ0n) is 36.1. The molecule has 1 aliphatic heterocycles. The van der Waals surface area contributed by atoms with E-state index in [9.17, 15) is 30.3 Å². The van der Waals surface area contributed by atoms with Crippen LogP contribution in [0.1, 0.15) is 46.6 Å². The number of carbonyl (C=O) groups excluding carboxylic acids is 3. The summed E-state index contributed by atoms with van der Waals surface area (Å²) in [5.74, 6) is 0.637. The van der Waals surface area contributed by atoms with E-state index in [2.05, 4.69) is 10.3 Å². The summed E-state index contributed by atoms with van der Waals surface area (Å²) in [6.45, 7) is 0. The zero-order chi connectivity index (χ0) is 46.4. The number of benzene rings is 6. The van der Waals surface area contributed by atoms with Crippen molar-refractivity contribution >= 4 is 67.4 Å². The van der Waals surface area contributed by atoms with Gasteiger partial charge in [0.25, 0.3) is 0 Å².